The third kappa shape index (κ3) is 3.95. The fraction of sp³-hybridized carbons (Fsp3) is 0.143. The highest BCUT2D eigenvalue weighted by Gasteiger charge is 2.14. The molecule has 7 nitrogen and oxygen atoms in total. The number of hydrogen-bond donors (Lipinski definition) is 2. The Morgan fingerprint density at radius 1 is 1.07 bits per heavy atom. The summed E-state index contributed by atoms with van der Waals surface area (Å²) < 4.78 is 40.9. The van der Waals surface area contributed by atoms with Crippen LogP contribution in [0.15, 0.2) is 59.5 Å². The molecule has 30 heavy (non-hydrogen) atoms. The summed E-state index contributed by atoms with van der Waals surface area (Å²) in [6.45, 7) is -2.91. The van der Waals surface area contributed by atoms with Crippen molar-refractivity contribution in [3.63, 3.8) is 0 Å². The van der Waals surface area contributed by atoms with Gasteiger partial charge in [0.15, 0.2) is 17.1 Å². The van der Waals surface area contributed by atoms with Gasteiger partial charge in [0, 0.05) is 23.2 Å². The van der Waals surface area contributed by atoms with Crippen molar-refractivity contribution in [2.75, 3.05) is 7.11 Å². The normalized spacial score (nSPS) is 11.1. The molecule has 0 unspecified atom stereocenters. The number of nitrogens with zero attached hydrogens (tertiary/aromatic N) is 1. The topological polar surface area (TPSA) is 89.2 Å². The van der Waals surface area contributed by atoms with Gasteiger partial charge in [-0.2, -0.15) is 13.9 Å². The van der Waals surface area contributed by atoms with E-state index in [2.05, 4.69) is 19.9 Å². The van der Waals surface area contributed by atoms with Crippen LogP contribution in [-0.2, 0) is 6.61 Å². The van der Waals surface area contributed by atoms with Gasteiger partial charge in [0.2, 0.25) is 5.56 Å². The van der Waals surface area contributed by atoms with Crippen molar-refractivity contribution in [1.82, 2.24) is 15.2 Å². The second-order valence-corrected chi connectivity index (χ2v) is 6.34. The van der Waals surface area contributed by atoms with E-state index in [1.54, 1.807) is 42.6 Å². The Balaban J connectivity index is 1.62. The van der Waals surface area contributed by atoms with E-state index in [1.807, 2.05) is 0 Å². The number of halogens is 2. The quantitative estimate of drug-likeness (QED) is 0.476. The van der Waals surface area contributed by atoms with Gasteiger partial charge in [0.1, 0.15) is 12.4 Å². The number of rotatable bonds is 7. The van der Waals surface area contributed by atoms with E-state index in [-0.39, 0.29) is 17.9 Å². The highest BCUT2D eigenvalue weighted by molar-refractivity contribution is 5.92. The van der Waals surface area contributed by atoms with Gasteiger partial charge in [-0.15, -0.1) is 0 Å². The molecule has 0 aliphatic rings. The van der Waals surface area contributed by atoms with Crippen LogP contribution in [-0.4, -0.2) is 28.9 Å². The number of pyridine rings is 1. The van der Waals surface area contributed by atoms with Gasteiger partial charge in [-0.25, -0.2) is 0 Å². The molecule has 2 aromatic carbocycles. The fourth-order valence-corrected chi connectivity index (χ4v) is 3.13. The minimum absolute atomic E-state index is 0.00951. The molecule has 0 saturated carbocycles. The van der Waals surface area contributed by atoms with E-state index < -0.39 is 6.61 Å². The maximum absolute atomic E-state index is 12.6. The lowest BCUT2D eigenvalue weighted by atomic mass is 10.0. The van der Waals surface area contributed by atoms with Crippen molar-refractivity contribution < 1.29 is 23.0 Å². The molecule has 0 atom stereocenters. The van der Waals surface area contributed by atoms with E-state index >= 15 is 0 Å². The number of alkyl halides is 2. The minimum atomic E-state index is -2.92. The summed E-state index contributed by atoms with van der Waals surface area (Å²) >= 11 is 0. The molecule has 9 heteroatoms. The average Bonchev–Trinajstić information content (AvgIpc) is 3.20. The first-order valence-corrected chi connectivity index (χ1v) is 8.96. The lowest BCUT2D eigenvalue weighted by Gasteiger charge is -2.14. The number of aromatic amines is 2. The van der Waals surface area contributed by atoms with Gasteiger partial charge in [-0.05, 0) is 29.3 Å². The van der Waals surface area contributed by atoms with E-state index in [0.717, 1.165) is 10.9 Å². The molecule has 4 rings (SSSR count). The Morgan fingerprint density at radius 2 is 1.90 bits per heavy atom. The Kier molecular flexibility index (Phi) is 5.34. The second-order valence-electron chi connectivity index (χ2n) is 6.34. The Labute approximate surface area is 169 Å². The van der Waals surface area contributed by atoms with Gasteiger partial charge < -0.3 is 19.2 Å². The van der Waals surface area contributed by atoms with E-state index in [0.29, 0.717) is 28.3 Å². The summed E-state index contributed by atoms with van der Waals surface area (Å²) in [6.07, 6.45) is 1.69. The number of benzene rings is 2. The number of fused-ring (bicyclic) bond motifs is 1. The summed E-state index contributed by atoms with van der Waals surface area (Å²) in [5, 5.41) is 7.50. The lowest BCUT2D eigenvalue weighted by Crippen LogP contribution is -2.06. The molecule has 0 aliphatic heterocycles. The zero-order valence-corrected chi connectivity index (χ0v) is 15.8. The highest BCUT2D eigenvalue weighted by atomic mass is 19.3. The van der Waals surface area contributed by atoms with Crippen LogP contribution in [0, 0.1) is 0 Å². The SMILES string of the molecule is COc1cc(-c2cc(=O)[nH]c3n[nH]cc23)ccc1OCc1ccccc1OC(F)F. The maximum Gasteiger partial charge on any atom is 0.387 e. The van der Waals surface area contributed by atoms with Crippen molar-refractivity contribution in [2.45, 2.75) is 13.2 Å². The van der Waals surface area contributed by atoms with Gasteiger partial charge >= 0.3 is 6.61 Å². The number of nitrogens with one attached hydrogen (secondary N) is 2. The standard InChI is InChI=1S/C21H17F2N3O4/c1-28-18-8-12(14-9-19(27)25-20-15(14)10-24-26-20)6-7-17(18)29-11-13-4-2-3-5-16(13)30-21(22)23/h2-10,21H,11H2,1H3,(H2,24,25,26,27). The largest absolute Gasteiger partial charge is 0.493 e. The summed E-state index contributed by atoms with van der Waals surface area (Å²) in [5.41, 5.74) is 2.06. The molecule has 0 bridgehead atoms. The van der Waals surface area contributed by atoms with Crippen molar-refractivity contribution in [2.24, 2.45) is 0 Å². The van der Waals surface area contributed by atoms with Crippen molar-refractivity contribution in [3.8, 4) is 28.4 Å². The number of para-hydroxylation sites is 1. The number of ether oxygens (including phenoxy) is 3. The molecule has 4 aromatic rings. The molecule has 0 saturated heterocycles. The molecular formula is C21H17F2N3O4. The summed E-state index contributed by atoms with van der Waals surface area (Å²) in [7, 11) is 1.49. The number of H-pyrrole nitrogens is 2. The molecule has 154 valence electrons. The first-order chi connectivity index (χ1) is 14.5. The molecule has 0 fully saturated rings. The van der Waals surface area contributed by atoms with Crippen LogP contribution >= 0.6 is 0 Å². The molecule has 0 spiro atoms. The van der Waals surface area contributed by atoms with Gasteiger partial charge in [0.05, 0.1) is 7.11 Å². The summed E-state index contributed by atoms with van der Waals surface area (Å²) in [5.74, 6) is 0.895. The van der Waals surface area contributed by atoms with Gasteiger partial charge in [-0.1, -0.05) is 24.3 Å². The van der Waals surface area contributed by atoms with Crippen LogP contribution in [0.5, 0.6) is 17.2 Å². The molecule has 2 heterocycles. The van der Waals surface area contributed by atoms with Crippen molar-refractivity contribution in [3.05, 3.63) is 70.6 Å². The van der Waals surface area contributed by atoms with E-state index in [4.69, 9.17) is 9.47 Å². The number of aromatic nitrogens is 3. The fourth-order valence-electron chi connectivity index (χ4n) is 3.13. The number of hydrogen-bond acceptors (Lipinski definition) is 5. The molecule has 2 aromatic heterocycles. The van der Waals surface area contributed by atoms with Gasteiger partial charge in [-0.3, -0.25) is 9.89 Å². The van der Waals surface area contributed by atoms with Crippen LogP contribution in [0.2, 0.25) is 0 Å². The van der Waals surface area contributed by atoms with Gasteiger partial charge in [0.25, 0.3) is 0 Å². The second kappa shape index (κ2) is 8.24. The van der Waals surface area contributed by atoms with Crippen molar-refractivity contribution in [1.29, 1.82) is 0 Å². The Bertz CT molecular complexity index is 1240. The first-order valence-electron chi connectivity index (χ1n) is 8.96. The maximum atomic E-state index is 12.6. The lowest BCUT2D eigenvalue weighted by molar-refractivity contribution is -0.0508. The van der Waals surface area contributed by atoms with Crippen LogP contribution in [0.1, 0.15) is 5.56 Å². The minimum Gasteiger partial charge on any atom is -0.493 e. The van der Waals surface area contributed by atoms with Crippen LogP contribution in [0.25, 0.3) is 22.2 Å². The summed E-state index contributed by atoms with van der Waals surface area (Å²) in [4.78, 5) is 14.6. The van der Waals surface area contributed by atoms with Crippen LogP contribution < -0.4 is 19.8 Å². The van der Waals surface area contributed by atoms with E-state index in [9.17, 15) is 13.6 Å². The molecule has 2 N–H and O–H groups in total. The monoisotopic (exact) mass is 413 g/mol. The van der Waals surface area contributed by atoms with E-state index in [1.165, 1.54) is 19.2 Å². The third-order valence-corrected chi connectivity index (χ3v) is 4.49. The van der Waals surface area contributed by atoms with Crippen LogP contribution in [0.4, 0.5) is 8.78 Å². The predicted octanol–water partition coefficient (Wildman–Crippen LogP) is 4.11. The third-order valence-electron chi connectivity index (χ3n) is 4.49. The average molecular weight is 413 g/mol. The predicted molar refractivity (Wildman–Crippen MR) is 106 cm³/mol. The molecular weight excluding hydrogens is 396 g/mol. The molecule has 0 radical (unpaired) electrons. The Morgan fingerprint density at radius 3 is 2.70 bits per heavy atom. The van der Waals surface area contributed by atoms with Crippen molar-refractivity contribution >= 4 is 11.0 Å². The highest BCUT2D eigenvalue weighted by Crippen LogP contribution is 2.35. The molecule has 0 aliphatic carbocycles. The number of methoxy groups -OCH3 is 1. The molecule has 0 amide bonds. The smallest absolute Gasteiger partial charge is 0.387 e. The van der Waals surface area contributed by atoms with Crippen LogP contribution in [0.3, 0.4) is 0 Å². The summed E-state index contributed by atoms with van der Waals surface area (Å²) in [6, 6.07) is 13.1. The Hall–Kier alpha value is -3.88. The first kappa shape index (κ1) is 19.4. The zero-order valence-electron chi connectivity index (χ0n) is 15.8. The zero-order chi connectivity index (χ0) is 21.1.